The molecule has 1 aliphatic rings. The van der Waals surface area contributed by atoms with Crippen LogP contribution in [0.1, 0.15) is 55.5 Å². The van der Waals surface area contributed by atoms with Crippen molar-refractivity contribution >= 4 is 11.8 Å². The molecule has 1 unspecified atom stereocenters. The molecule has 0 fully saturated rings. The molecule has 6 nitrogen and oxygen atoms in total. The summed E-state index contributed by atoms with van der Waals surface area (Å²) in [6.45, 7) is 8.82. The van der Waals surface area contributed by atoms with E-state index < -0.39 is 6.10 Å². The summed E-state index contributed by atoms with van der Waals surface area (Å²) in [7, 11) is 0. The Morgan fingerprint density at radius 1 is 1.29 bits per heavy atom. The highest BCUT2D eigenvalue weighted by Crippen LogP contribution is 2.44. The van der Waals surface area contributed by atoms with Crippen LogP contribution in [-0.2, 0) is 6.42 Å². The van der Waals surface area contributed by atoms with Gasteiger partial charge in [0.2, 0.25) is 0 Å². The van der Waals surface area contributed by atoms with Gasteiger partial charge in [-0.25, -0.2) is 9.67 Å². The van der Waals surface area contributed by atoms with E-state index in [1.807, 2.05) is 49.4 Å². The topological polar surface area (TPSA) is 69.4 Å². The largest absolute Gasteiger partial charge is 0.490 e. The lowest BCUT2D eigenvalue weighted by atomic mass is 9.96. The van der Waals surface area contributed by atoms with Crippen molar-refractivity contribution < 1.29 is 14.6 Å². The Labute approximate surface area is 183 Å². The highest BCUT2D eigenvalue weighted by molar-refractivity contribution is 5.74. The van der Waals surface area contributed by atoms with E-state index in [1.165, 1.54) is 11.9 Å². The predicted octanol–water partition coefficient (Wildman–Crippen LogP) is 4.82. The number of aromatic nitrogens is 3. The van der Waals surface area contributed by atoms with E-state index in [-0.39, 0.29) is 5.60 Å². The highest BCUT2D eigenvalue weighted by Gasteiger charge is 2.34. The zero-order valence-electron chi connectivity index (χ0n) is 18.5. The first-order valence-electron chi connectivity index (χ1n) is 10.7. The van der Waals surface area contributed by atoms with E-state index in [9.17, 15) is 5.11 Å². The van der Waals surface area contributed by atoms with Gasteiger partial charge in [-0.1, -0.05) is 36.8 Å². The second-order valence-electron chi connectivity index (χ2n) is 8.62. The molecule has 0 saturated carbocycles. The molecule has 1 aliphatic heterocycles. The Morgan fingerprint density at radius 2 is 2.06 bits per heavy atom. The maximum absolute atomic E-state index is 11.4. The number of hydrogen-bond donors (Lipinski definition) is 1. The van der Waals surface area contributed by atoms with Crippen LogP contribution in [-0.4, -0.2) is 32.1 Å². The van der Waals surface area contributed by atoms with Crippen LogP contribution in [0.5, 0.6) is 11.5 Å². The van der Waals surface area contributed by atoms with Gasteiger partial charge in [0.05, 0.1) is 12.3 Å². The maximum atomic E-state index is 11.4. The number of ether oxygens (including phenoxy) is 2. The van der Waals surface area contributed by atoms with Crippen LogP contribution >= 0.6 is 0 Å². The Balaban J connectivity index is 1.77. The quantitative estimate of drug-likeness (QED) is 0.595. The molecule has 162 valence electrons. The van der Waals surface area contributed by atoms with Crippen LogP contribution in [0.15, 0.2) is 49.1 Å². The van der Waals surface area contributed by atoms with Gasteiger partial charge in [0.15, 0.2) is 11.5 Å². The fourth-order valence-electron chi connectivity index (χ4n) is 3.79. The molecule has 2 aromatic carbocycles. The molecule has 0 saturated heterocycles. The van der Waals surface area contributed by atoms with Crippen LogP contribution in [0, 0.1) is 6.92 Å². The van der Waals surface area contributed by atoms with Crippen molar-refractivity contribution in [2.45, 2.75) is 52.2 Å². The first-order chi connectivity index (χ1) is 14.9. The minimum Gasteiger partial charge on any atom is -0.490 e. The lowest BCUT2D eigenvalue weighted by Crippen LogP contribution is -2.24. The zero-order valence-corrected chi connectivity index (χ0v) is 18.5. The normalized spacial score (nSPS) is 16.0. The van der Waals surface area contributed by atoms with E-state index in [2.05, 4.69) is 30.9 Å². The Morgan fingerprint density at radius 3 is 2.74 bits per heavy atom. The van der Waals surface area contributed by atoms with Crippen molar-refractivity contribution in [3.05, 3.63) is 71.3 Å². The molecule has 0 bridgehead atoms. The van der Waals surface area contributed by atoms with Gasteiger partial charge in [-0.2, -0.15) is 5.10 Å². The van der Waals surface area contributed by atoms with Crippen molar-refractivity contribution in [3.8, 4) is 11.5 Å². The zero-order chi connectivity index (χ0) is 22.0. The van der Waals surface area contributed by atoms with Gasteiger partial charge in [-0.3, -0.25) is 0 Å². The van der Waals surface area contributed by atoms with Crippen molar-refractivity contribution in [1.29, 1.82) is 0 Å². The Hall–Kier alpha value is -3.12. The molecule has 0 radical (unpaired) electrons. The van der Waals surface area contributed by atoms with Crippen molar-refractivity contribution in [1.82, 2.24) is 14.8 Å². The summed E-state index contributed by atoms with van der Waals surface area (Å²) in [5.74, 6) is 1.45. The average Bonchev–Trinajstić information content (AvgIpc) is 3.37. The number of aryl methyl sites for hydroxylation is 1. The van der Waals surface area contributed by atoms with E-state index in [1.54, 1.807) is 11.0 Å². The summed E-state index contributed by atoms with van der Waals surface area (Å²) in [6, 6.07) is 12.0. The van der Waals surface area contributed by atoms with Crippen LogP contribution < -0.4 is 9.47 Å². The van der Waals surface area contributed by atoms with Gasteiger partial charge < -0.3 is 14.6 Å². The van der Waals surface area contributed by atoms with Gasteiger partial charge >= 0.3 is 0 Å². The van der Waals surface area contributed by atoms with Crippen LogP contribution in [0.3, 0.4) is 0 Å². The fourth-order valence-corrected chi connectivity index (χ4v) is 3.79. The Kier molecular flexibility index (Phi) is 5.83. The molecular formula is C25H29N3O3. The molecule has 3 aromatic rings. The van der Waals surface area contributed by atoms with Crippen LogP contribution in [0.2, 0.25) is 0 Å². The summed E-state index contributed by atoms with van der Waals surface area (Å²) in [6.07, 6.45) is 5.72. The predicted molar refractivity (Wildman–Crippen MR) is 121 cm³/mol. The van der Waals surface area contributed by atoms with E-state index in [0.29, 0.717) is 18.1 Å². The summed E-state index contributed by atoms with van der Waals surface area (Å²) in [5.41, 5.74) is 4.24. The van der Waals surface area contributed by atoms with Crippen LogP contribution in [0.4, 0.5) is 0 Å². The second kappa shape index (κ2) is 8.55. The van der Waals surface area contributed by atoms with Gasteiger partial charge in [-0.15, -0.1) is 0 Å². The average molecular weight is 420 g/mol. The molecular weight excluding hydrogens is 390 g/mol. The molecule has 2 heterocycles. The maximum Gasteiger partial charge on any atom is 0.165 e. The third-order valence-corrected chi connectivity index (χ3v) is 5.28. The standard InChI is InChI=1S/C25H29N3O3/c1-5-10-30-22-13-19(12-20-14-25(3,4)31-24(20)22)23(29)21(28-16-26-15-27-28)11-18-8-6-17(2)7-9-18/h6-9,11-13,15-16,23,29H,5,10,14H2,1-4H3. The summed E-state index contributed by atoms with van der Waals surface area (Å²) in [5, 5.41) is 15.7. The van der Waals surface area contributed by atoms with Gasteiger partial charge in [0.25, 0.3) is 0 Å². The molecule has 31 heavy (non-hydrogen) atoms. The van der Waals surface area contributed by atoms with Gasteiger partial charge in [0.1, 0.15) is 24.4 Å². The summed E-state index contributed by atoms with van der Waals surface area (Å²) >= 11 is 0. The van der Waals surface area contributed by atoms with Crippen LogP contribution in [0.25, 0.3) is 11.8 Å². The minimum absolute atomic E-state index is 0.303. The lowest BCUT2D eigenvalue weighted by Gasteiger charge is -2.19. The number of benzene rings is 2. The first kappa shape index (κ1) is 21.1. The van der Waals surface area contributed by atoms with E-state index >= 15 is 0 Å². The molecule has 1 atom stereocenters. The molecule has 4 rings (SSSR count). The number of aliphatic hydroxyl groups is 1. The molecule has 1 aromatic heterocycles. The lowest BCUT2D eigenvalue weighted by molar-refractivity contribution is 0.132. The first-order valence-corrected chi connectivity index (χ1v) is 10.7. The monoisotopic (exact) mass is 419 g/mol. The van der Waals surface area contributed by atoms with Crippen molar-refractivity contribution in [3.63, 3.8) is 0 Å². The smallest absolute Gasteiger partial charge is 0.165 e. The highest BCUT2D eigenvalue weighted by atomic mass is 16.5. The number of rotatable bonds is 7. The molecule has 0 spiro atoms. The van der Waals surface area contributed by atoms with Crippen molar-refractivity contribution in [2.75, 3.05) is 6.61 Å². The number of aliphatic hydroxyl groups excluding tert-OH is 1. The fraction of sp³-hybridized carbons (Fsp3) is 0.360. The molecule has 0 amide bonds. The molecule has 6 heteroatoms. The van der Waals surface area contributed by atoms with Crippen molar-refractivity contribution in [2.24, 2.45) is 0 Å². The minimum atomic E-state index is -0.916. The summed E-state index contributed by atoms with van der Waals surface area (Å²) in [4.78, 5) is 4.07. The SMILES string of the molecule is CCCOc1cc(C(O)C(=Cc2ccc(C)cc2)n2cncn2)cc2c1OC(C)(C)C2. The van der Waals surface area contributed by atoms with E-state index in [0.717, 1.165) is 35.3 Å². The molecule has 1 N–H and O–H groups in total. The number of fused-ring (bicyclic) bond motifs is 1. The number of hydrogen-bond acceptors (Lipinski definition) is 5. The van der Waals surface area contributed by atoms with Gasteiger partial charge in [0, 0.05) is 12.0 Å². The van der Waals surface area contributed by atoms with E-state index in [4.69, 9.17) is 9.47 Å². The number of nitrogens with zero attached hydrogens (tertiary/aromatic N) is 3. The second-order valence-corrected chi connectivity index (χ2v) is 8.62. The third kappa shape index (κ3) is 4.64. The van der Waals surface area contributed by atoms with Gasteiger partial charge in [-0.05, 0) is 56.5 Å². The molecule has 0 aliphatic carbocycles. The Bertz CT molecular complexity index is 1070. The third-order valence-electron chi connectivity index (χ3n) is 5.28. The summed E-state index contributed by atoms with van der Waals surface area (Å²) < 4.78 is 13.7.